The lowest BCUT2D eigenvalue weighted by Crippen LogP contribution is -2.56. The molecule has 0 atom stereocenters. The van der Waals surface area contributed by atoms with E-state index >= 15 is 0 Å². The fourth-order valence-corrected chi connectivity index (χ4v) is 1.93. The number of anilines is 1. The van der Waals surface area contributed by atoms with Crippen LogP contribution in [0.1, 0.15) is 24.8 Å². The zero-order chi connectivity index (χ0) is 12.5. The average molecular weight is 234 g/mol. The van der Waals surface area contributed by atoms with Gasteiger partial charge in [-0.2, -0.15) is 0 Å². The van der Waals surface area contributed by atoms with Crippen LogP contribution in [0.3, 0.4) is 0 Å². The lowest BCUT2D eigenvalue weighted by molar-refractivity contribution is -0.123. The smallest absolute Gasteiger partial charge is 0.244 e. The first-order chi connectivity index (χ1) is 8.05. The van der Waals surface area contributed by atoms with E-state index in [1.165, 1.54) is 0 Å². The Morgan fingerprint density at radius 3 is 2.65 bits per heavy atom. The van der Waals surface area contributed by atoms with E-state index in [4.69, 9.17) is 10.5 Å². The molecule has 0 radical (unpaired) electrons. The molecule has 0 heterocycles. The molecule has 2 rings (SSSR count). The lowest BCUT2D eigenvalue weighted by atomic mass is 9.77. The number of carbonyl (C=O) groups excluding carboxylic acids is 1. The fraction of sp³-hybridized carbons (Fsp3) is 0.462. The van der Waals surface area contributed by atoms with Crippen LogP contribution in [0.2, 0.25) is 0 Å². The van der Waals surface area contributed by atoms with Gasteiger partial charge in [-0.1, -0.05) is 0 Å². The molecule has 1 aromatic rings. The first kappa shape index (κ1) is 11.9. The molecule has 1 amide bonds. The molecule has 1 saturated carbocycles. The highest BCUT2D eigenvalue weighted by atomic mass is 16.5. The zero-order valence-corrected chi connectivity index (χ0v) is 10.2. The summed E-state index contributed by atoms with van der Waals surface area (Å²) < 4.78 is 5.12. The van der Waals surface area contributed by atoms with Gasteiger partial charge in [-0.05, 0) is 49.9 Å². The fourth-order valence-electron chi connectivity index (χ4n) is 1.93. The maximum atomic E-state index is 12.0. The molecule has 3 N–H and O–H groups in total. The number of hydrogen-bond acceptors (Lipinski definition) is 3. The van der Waals surface area contributed by atoms with Gasteiger partial charge in [0.2, 0.25) is 5.91 Å². The number of nitrogens with one attached hydrogen (secondary N) is 1. The number of ether oxygens (including phenoxy) is 1. The number of methoxy groups -OCH3 is 1. The molecule has 1 aliphatic rings. The van der Waals surface area contributed by atoms with Crippen LogP contribution in [0.4, 0.5) is 5.69 Å². The standard InChI is InChI=1S/C13H18N2O2/c1-9-8-10(17-2)4-5-11(9)15-12(16)13(14)6-3-7-13/h4-5,8H,3,6-7,14H2,1-2H3,(H,15,16). The largest absolute Gasteiger partial charge is 0.497 e. The van der Waals surface area contributed by atoms with Gasteiger partial charge in [0, 0.05) is 5.69 Å². The van der Waals surface area contributed by atoms with E-state index in [9.17, 15) is 4.79 Å². The third-order valence-electron chi connectivity index (χ3n) is 3.38. The van der Waals surface area contributed by atoms with Gasteiger partial charge in [0.05, 0.1) is 12.6 Å². The van der Waals surface area contributed by atoms with Crippen molar-refractivity contribution >= 4 is 11.6 Å². The first-order valence-electron chi connectivity index (χ1n) is 5.80. The molecule has 0 aliphatic heterocycles. The zero-order valence-electron chi connectivity index (χ0n) is 10.2. The van der Waals surface area contributed by atoms with Crippen molar-refractivity contribution in [3.63, 3.8) is 0 Å². The molecular weight excluding hydrogens is 216 g/mol. The molecule has 0 unspecified atom stereocenters. The van der Waals surface area contributed by atoms with E-state index in [1.807, 2.05) is 25.1 Å². The van der Waals surface area contributed by atoms with Crippen LogP contribution in [-0.4, -0.2) is 18.6 Å². The molecule has 1 aliphatic carbocycles. The third kappa shape index (κ3) is 2.26. The highest BCUT2D eigenvalue weighted by Crippen LogP contribution is 2.31. The van der Waals surface area contributed by atoms with Gasteiger partial charge in [0.1, 0.15) is 5.75 Å². The number of benzene rings is 1. The van der Waals surface area contributed by atoms with Crippen molar-refractivity contribution in [3.05, 3.63) is 23.8 Å². The highest BCUT2D eigenvalue weighted by Gasteiger charge is 2.40. The summed E-state index contributed by atoms with van der Waals surface area (Å²) in [5, 5.41) is 2.88. The maximum absolute atomic E-state index is 12.0. The van der Waals surface area contributed by atoms with Crippen LogP contribution in [0.25, 0.3) is 0 Å². The van der Waals surface area contributed by atoms with E-state index < -0.39 is 5.54 Å². The molecule has 92 valence electrons. The van der Waals surface area contributed by atoms with Crippen LogP contribution < -0.4 is 15.8 Å². The Bertz CT molecular complexity index is 439. The summed E-state index contributed by atoms with van der Waals surface area (Å²) >= 11 is 0. The molecular formula is C13H18N2O2. The maximum Gasteiger partial charge on any atom is 0.244 e. The summed E-state index contributed by atoms with van der Waals surface area (Å²) in [6.07, 6.45) is 2.58. The Morgan fingerprint density at radius 2 is 2.18 bits per heavy atom. The third-order valence-corrected chi connectivity index (χ3v) is 3.38. The predicted molar refractivity (Wildman–Crippen MR) is 67.1 cm³/mol. The number of nitrogens with two attached hydrogens (primary N) is 1. The van der Waals surface area contributed by atoms with Gasteiger partial charge in [-0.3, -0.25) is 4.79 Å². The Balaban J connectivity index is 2.11. The van der Waals surface area contributed by atoms with Crippen molar-refractivity contribution in [2.24, 2.45) is 5.73 Å². The van der Waals surface area contributed by atoms with Gasteiger partial charge in [-0.25, -0.2) is 0 Å². The van der Waals surface area contributed by atoms with E-state index in [-0.39, 0.29) is 5.91 Å². The van der Waals surface area contributed by atoms with Crippen molar-refractivity contribution in [2.45, 2.75) is 31.7 Å². The number of hydrogen-bond donors (Lipinski definition) is 2. The second-order valence-corrected chi connectivity index (χ2v) is 4.64. The van der Waals surface area contributed by atoms with E-state index in [0.29, 0.717) is 0 Å². The van der Waals surface area contributed by atoms with Crippen LogP contribution in [-0.2, 0) is 4.79 Å². The normalized spacial score (nSPS) is 17.1. The van der Waals surface area contributed by atoms with Crippen molar-refractivity contribution in [1.82, 2.24) is 0 Å². The Morgan fingerprint density at radius 1 is 1.47 bits per heavy atom. The lowest BCUT2D eigenvalue weighted by Gasteiger charge is -2.36. The van der Waals surface area contributed by atoms with Crippen molar-refractivity contribution < 1.29 is 9.53 Å². The summed E-state index contributed by atoms with van der Waals surface area (Å²) in [6, 6.07) is 5.56. The number of carbonyl (C=O) groups is 1. The molecule has 4 nitrogen and oxygen atoms in total. The van der Waals surface area contributed by atoms with Crippen LogP contribution >= 0.6 is 0 Å². The summed E-state index contributed by atoms with van der Waals surface area (Å²) in [6.45, 7) is 1.93. The quantitative estimate of drug-likeness (QED) is 0.838. The average Bonchev–Trinajstić information content (AvgIpc) is 2.28. The van der Waals surface area contributed by atoms with E-state index in [2.05, 4.69) is 5.32 Å². The number of rotatable bonds is 3. The second-order valence-electron chi connectivity index (χ2n) is 4.64. The molecule has 4 heteroatoms. The van der Waals surface area contributed by atoms with Gasteiger partial charge >= 0.3 is 0 Å². The Labute approximate surface area is 101 Å². The van der Waals surface area contributed by atoms with Crippen LogP contribution in [0.5, 0.6) is 5.75 Å². The monoisotopic (exact) mass is 234 g/mol. The summed E-state index contributed by atoms with van der Waals surface area (Å²) in [5.41, 5.74) is 7.07. The molecule has 0 saturated heterocycles. The SMILES string of the molecule is COc1ccc(NC(=O)C2(N)CCC2)c(C)c1. The van der Waals surface area contributed by atoms with E-state index in [1.54, 1.807) is 7.11 Å². The Hall–Kier alpha value is -1.55. The Kier molecular flexibility index (Phi) is 3.07. The second kappa shape index (κ2) is 4.37. The minimum absolute atomic E-state index is 0.0861. The van der Waals surface area contributed by atoms with Crippen molar-refractivity contribution in [3.8, 4) is 5.75 Å². The van der Waals surface area contributed by atoms with Gasteiger partial charge in [-0.15, -0.1) is 0 Å². The molecule has 0 aromatic heterocycles. The van der Waals surface area contributed by atoms with Gasteiger partial charge < -0.3 is 15.8 Å². The predicted octanol–water partition coefficient (Wildman–Crippen LogP) is 1.82. The highest BCUT2D eigenvalue weighted by molar-refractivity contribution is 5.99. The molecule has 17 heavy (non-hydrogen) atoms. The summed E-state index contributed by atoms with van der Waals surface area (Å²) in [4.78, 5) is 12.0. The van der Waals surface area contributed by atoms with Gasteiger partial charge in [0.25, 0.3) is 0 Å². The van der Waals surface area contributed by atoms with E-state index in [0.717, 1.165) is 36.3 Å². The van der Waals surface area contributed by atoms with Crippen LogP contribution in [0, 0.1) is 6.92 Å². The summed E-state index contributed by atoms with van der Waals surface area (Å²) in [5.74, 6) is 0.698. The number of amides is 1. The molecule has 0 spiro atoms. The minimum Gasteiger partial charge on any atom is -0.497 e. The van der Waals surface area contributed by atoms with Crippen molar-refractivity contribution in [1.29, 1.82) is 0 Å². The van der Waals surface area contributed by atoms with Crippen LogP contribution in [0.15, 0.2) is 18.2 Å². The minimum atomic E-state index is -0.660. The molecule has 1 fully saturated rings. The molecule has 1 aromatic carbocycles. The molecule has 0 bridgehead atoms. The van der Waals surface area contributed by atoms with Crippen molar-refractivity contribution in [2.75, 3.05) is 12.4 Å². The van der Waals surface area contributed by atoms with Gasteiger partial charge in [0.15, 0.2) is 0 Å². The topological polar surface area (TPSA) is 64.3 Å². The summed E-state index contributed by atoms with van der Waals surface area (Å²) in [7, 11) is 1.62. The number of aryl methyl sites for hydroxylation is 1. The first-order valence-corrected chi connectivity index (χ1v) is 5.80.